The van der Waals surface area contributed by atoms with E-state index >= 15 is 0 Å². The Morgan fingerprint density at radius 1 is 0.460 bits per heavy atom. The lowest BCUT2D eigenvalue weighted by Gasteiger charge is -2.49. The van der Waals surface area contributed by atoms with Gasteiger partial charge in [0.15, 0.2) is 18.9 Å². The fraction of sp³-hybridized carbons (Fsp3) is 1.00. The third kappa shape index (κ3) is 8.92. The molecule has 4 aliphatic heterocycles. The molecule has 4 aliphatic rings. The molecule has 0 spiro atoms. The van der Waals surface area contributed by atoms with Crippen LogP contribution in [0.1, 0.15) is 6.92 Å². The van der Waals surface area contributed by atoms with Crippen LogP contribution in [-0.2, 0) is 47.4 Å². The maximum Gasteiger partial charge on any atom is 0.187 e. The Hall–Kier alpha value is -0.840. The van der Waals surface area contributed by atoms with Crippen molar-refractivity contribution in [1.29, 1.82) is 0 Å². The van der Waals surface area contributed by atoms with Gasteiger partial charge in [-0.05, 0) is 6.92 Å². The predicted octanol–water partition coefficient (Wildman–Crippen LogP) is -7.35. The summed E-state index contributed by atoms with van der Waals surface area (Å²) in [5.74, 6) is 0. The van der Waals surface area contributed by atoms with E-state index in [0.29, 0.717) is 0 Å². The highest BCUT2D eigenvalue weighted by Gasteiger charge is 2.54. The van der Waals surface area contributed by atoms with Crippen LogP contribution in [0.2, 0.25) is 0 Å². The van der Waals surface area contributed by atoms with Gasteiger partial charge in [0.2, 0.25) is 0 Å². The number of methoxy groups -OCH3 is 2. The Balaban J connectivity index is 1.61. The summed E-state index contributed by atoms with van der Waals surface area (Å²) in [5.41, 5.74) is 0. The second-order valence-electron chi connectivity index (χ2n) is 12.5. The minimum atomic E-state index is -1.95. The standard InChI is InChI=1S/C29H52O21/c1-10-15(34)16(35)24(13(8-33)45-10)49-28-20(39)18(37)25(50-29-26(43-5-4-30)21(40)23(42-3)12(7-32)47-29)14(48-28)9-44-27-19(38)17(36)22(41-2)11(6-31)46-27/h10-40H,4-9H2,1-3H3/t10-,11+,12-,13+,14+,15+,16+,17+,18+,19+,20+,21+,22+,23-,24-,25-,26+,27+,28-,29+/m1/s1. The van der Waals surface area contributed by atoms with Crippen LogP contribution in [0, 0.1) is 0 Å². The first-order valence-corrected chi connectivity index (χ1v) is 16.3. The third-order valence-electron chi connectivity index (χ3n) is 9.31. The van der Waals surface area contributed by atoms with Crippen molar-refractivity contribution in [3.8, 4) is 0 Å². The van der Waals surface area contributed by atoms with E-state index in [1.165, 1.54) is 21.1 Å². The summed E-state index contributed by atoms with van der Waals surface area (Å²) in [5, 5.41) is 115. The zero-order valence-electron chi connectivity index (χ0n) is 27.8. The highest BCUT2D eigenvalue weighted by Crippen LogP contribution is 2.34. The van der Waals surface area contributed by atoms with Gasteiger partial charge < -0.3 is 104 Å². The molecule has 4 fully saturated rings. The molecule has 0 amide bonds. The molecule has 11 N–H and O–H groups in total. The number of hydrogen-bond donors (Lipinski definition) is 11. The molecule has 0 bridgehead atoms. The normalized spacial score (nSPS) is 48.8. The lowest BCUT2D eigenvalue weighted by atomic mass is 9.94. The minimum Gasteiger partial charge on any atom is -0.394 e. The molecule has 0 unspecified atom stereocenters. The SMILES string of the molecule is CO[C@@H]1[C@@H](O)[C@H](O)[C@@H](OC[C@@H]2O[C@H](O[C@H]3[C@@H](O)[C@@H](O)[C@@H](C)O[C@H]3CO)[C@@H](O)[C@H](O)[C@@H]2O[C@@H]2O[C@H](CO)[C@@H](OC)[C@H](O)[C@@H]2OCCO)O[C@H]1CO. The maximum absolute atomic E-state index is 11.4. The minimum absolute atomic E-state index is 0.296. The van der Waals surface area contributed by atoms with E-state index in [-0.39, 0.29) is 6.61 Å². The van der Waals surface area contributed by atoms with Crippen LogP contribution in [0.4, 0.5) is 0 Å². The largest absolute Gasteiger partial charge is 0.394 e. The molecule has 21 nitrogen and oxygen atoms in total. The van der Waals surface area contributed by atoms with Crippen LogP contribution in [0.5, 0.6) is 0 Å². The molecule has 20 atom stereocenters. The molecule has 4 heterocycles. The fourth-order valence-corrected chi connectivity index (χ4v) is 6.55. The van der Waals surface area contributed by atoms with Crippen molar-refractivity contribution in [3.05, 3.63) is 0 Å². The number of aliphatic hydroxyl groups excluding tert-OH is 11. The zero-order valence-corrected chi connectivity index (χ0v) is 27.8. The first-order chi connectivity index (χ1) is 23.9. The van der Waals surface area contributed by atoms with Crippen molar-refractivity contribution in [2.24, 2.45) is 0 Å². The zero-order chi connectivity index (χ0) is 36.9. The number of ether oxygens (including phenoxy) is 10. The summed E-state index contributed by atoms with van der Waals surface area (Å²) in [6, 6.07) is 0. The van der Waals surface area contributed by atoms with Crippen molar-refractivity contribution in [3.63, 3.8) is 0 Å². The van der Waals surface area contributed by atoms with Gasteiger partial charge in [-0.15, -0.1) is 0 Å². The topological polar surface area (TPSA) is 315 Å². The third-order valence-corrected chi connectivity index (χ3v) is 9.31. The van der Waals surface area contributed by atoms with Crippen LogP contribution < -0.4 is 0 Å². The number of hydrogen-bond acceptors (Lipinski definition) is 21. The molecule has 21 heteroatoms. The lowest BCUT2D eigenvalue weighted by Crippen LogP contribution is -2.67. The molecule has 0 saturated carbocycles. The predicted molar refractivity (Wildman–Crippen MR) is 158 cm³/mol. The van der Waals surface area contributed by atoms with Crippen LogP contribution in [0.15, 0.2) is 0 Å². The van der Waals surface area contributed by atoms with E-state index in [1.54, 1.807) is 0 Å². The van der Waals surface area contributed by atoms with E-state index < -0.39 is 156 Å². The molecular weight excluding hydrogens is 684 g/mol. The second-order valence-corrected chi connectivity index (χ2v) is 12.5. The van der Waals surface area contributed by atoms with Gasteiger partial charge in [0.05, 0.1) is 45.7 Å². The lowest BCUT2D eigenvalue weighted by molar-refractivity contribution is -0.381. The maximum atomic E-state index is 11.4. The van der Waals surface area contributed by atoms with E-state index in [4.69, 9.17) is 47.4 Å². The van der Waals surface area contributed by atoms with Gasteiger partial charge in [-0.2, -0.15) is 0 Å². The second kappa shape index (κ2) is 19.0. The highest BCUT2D eigenvalue weighted by atomic mass is 16.8. The molecule has 4 rings (SSSR count). The van der Waals surface area contributed by atoms with Crippen molar-refractivity contribution < 1.29 is 104 Å². The summed E-state index contributed by atoms with van der Waals surface area (Å²) in [7, 11) is 2.50. The molecule has 0 aromatic rings. The summed E-state index contributed by atoms with van der Waals surface area (Å²) >= 11 is 0. The van der Waals surface area contributed by atoms with E-state index in [9.17, 15) is 56.2 Å². The van der Waals surface area contributed by atoms with Crippen LogP contribution in [0.3, 0.4) is 0 Å². The fourth-order valence-electron chi connectivity index (χ4n) is 6.55. The van der Waals surface area contributed by atoms with Gasteiger partial charge in [0, 0.05) is 14.2 Å². The van der Waals surface area contributed by atoms with Gasteiger partial charge in [-0.25, -0.2) is 0 Å². The Bertz CT molecular complexity index is 995. The van der Waals surface area contributed by atoms with E-state index in [2.05, 4.69) is 0 Å². The van der Waals surface area contributed by atoms with Crippen LogP contribution in [-0.4, -0.2) is 233 Å². The monoisotopic (exact) mass is 736 g/mol. The van der Waals surface area contributed by atoms with E-state index in [0.717, 1.165) is 0 Å². The smallest absolute Gasteiger partial charge is 0.187 e. The molecule has 294 valence electrons. The Kier molecular flexibility index (Phi) is 15.9. The molecule has 0 aliphatic carbocycles. The van der Waals surface area contributed by atoms with Crippen molar-refractivity contribution in [2.75, 3.05) is 53.9 Å². The number of aliphatic hydroxyl groups is 11. The number of rotatable bonds is 15. The van der Waals surface area contributed by atoms with E-state index in [1.807, 2.05) is 0 Å². The molecule has 50 heavy (non-hydrogen) atoms. The Labute approximate surface area is 287 Å². The van der Waals surface area contributed by atoms with Gasteiger partial charge >= 0.3 is 0 Å². The van der Waals surface area contributed by atoms with Gasteiger partial charge in [0.25, 0.3) is 0 Å². The Morgan fingerprint density at radius 3 is 1.50 bits per heavy atom. The van der Waals surface area contributed by atoms with Gasteiger partial charge in [-0.3, -0.25) is 0 Å². The molecular formula is C29H52O21. The van der Waals surface area contributed by atoms with Crippen LogP contribution >= 0.6 is 0 Å². The van der Waals surface area contributed by atoms with Crippen molar-refractivity contribution in [1.82, 2.24) is 0 Å². The average Bonchev–Trinajstić information content (AvgIpc) is 3.11. The molecule has 0 aromatic heterocycles. The molecule has 0 aromatic carbocycles. The molecule has 0 radical (unpaired) electrons. The summed E-state index contributed by atoms with van der Waals surface area (Å²) < 4.78 is 56.4. The first kappa shape index (κ1) is 41.9. The summed E-state index contributed by atoms with van der Waals surface area (Å²) in [4.78, 5) is 0. The van der Waals surface area contributed by atoms with Crippen molar-refractivity contribution in [2.45, 2.75) is 130 Å². The van der Waals surface area contributed by atoms with Crippen molar-refractivity contribution >= 4 is 0 Å². The van der Waals surface area contributed by atoms with Gasteiger partial charge in [-0.1, -0.05) is 0 Å². The average molecular weight is 737 g/mol. The quantitative estimate of drug-likeness (QED) is 0.0744. The van der Waals surface area contributed by atoms with Crippen LogP contribution in [0.25, 0.3) is 0 Å². The molecule has 4 saturated heterocycles. The summed E-state index contributed by atoms with van der Waals surface area (Å²) in [6.45, 7) is -1.88. The summed E-state index contributed by atoms with van der Waals surface area (Å²) in [6.07, 6.45) is -29.3. The first-order valence-electron chi connectivity index (χ1n) is 16.3. The highest BCUT2D eigenvalue weighted by molar-refractivity contribution is 4.98. The van der Waals surface area contributed by atoms with Gasteiger partial charge in [0.1, 0.15) is 97.7 Å². The Morgan fingerprint density at radius 2 is 0.920 bits per heavy atom.